The van der Waals surface area contributed by atoms with Gasteiger partial charge in [-0.3, -0.25) is 19.5 Å². The molecule has 1 atom stereocenters. The first-order valence-corrected chi connectivity index (χ1v) is 11.0. The van der Waals surface area contributed by atoms with Crippen LogP contribution in [0.5, 0.6) is 0 Å². The van der Waals surface area contributed by atoms with E-state index in [0.29, 0.717) is 5.00 Å². The zero-order chi connectivity index (χ0) is 20.9. The van der Waals surface area contributed by atoms with Crippen molar-refractivity contribution in [2.45, 2.75) is 44.7 Å². The lowest BCUT2D eigenvalue weighted by atomic mass is 10.0. The summed E-state index contributed by atoms with van der Waals surface area (Å²) in [6.45, 7) is 2.00. The number of thiophene rings is 1. The number of benzene rings is 1. The fraction of sp³-hybridized carbons (Fsp3) is 0.304. The molecule has 2 heterocycles. The second-order valence-electron chi connectivity index (χ2n) is 7.52. The normalized spacial score (nSPS) is 15.0. The SMILES string of the molecule is Cc1ccc(C(C(=O)NC2CCCC2)N(C(=O)c2cnccn2)c2cccs2)cc1. The third-order valence-corrected chi connectivity index (χ3v) is 6.21. The van der Waals surface area contributed by atoms with E-state index in [9.17, 15) is 9.59 Å². The fourth-order valence-corrected chi connectivity index (χ4v) is 4.56. The Bertz CT molecular complexity index is 984. The van der Waals surface area contributed by atoms with E-state index in [0.717, 1.165) is 36.8 Å². The lowest BCUT2D eigenvalue weighted by Crippen LogP contribution is -2.46. The van der Waals surface area contributed by atoms with Crippen molar-refractivity contribution >= 4 is 28.2 Å². The molecular formula is C23H24N4O2S. The standard InChI is InChI=1S/C23H24N4O2S/c1-16-8-10-17(11-9-16)21(22(28)26-18-5-2-3-6-18)27(20-7-4-14-30-20)23(29)19-15-24-12-13-25-19/h4,7-15,18,21H,2-3,5-6H2,1H3,(H,26,28). The van der Waals surface area contributed by atoms with Gasteiger partial charge in [-0.25, -0.2) is 4.98 Å². The van der Waals surface area contributed by atoms with Crippen molar-refractivity contribution in [1.29, 1.82) is 0 Å². The van der Waals surface area contributed by atoms with Crippen molar-refractivity contribution in [3.8, 4) is 0 Å². The zero-order valence-electron chi connectivity index (χ0n) is 16.8. The van der Waals surface area contributed by atoms with E-state index in [1.807, 2.05) is 48.7 Å². The van der Waals surface area contributed by atoms with Gasteiger partial charge in [0.25, 0.3) is 5.91 Å². The summed E-state index contributed by atoms with van der Waals surface area (Å²) in [6.07, 6.45) is 8.63. The first-order valence-electron chi connectivity index (χ1n) is 10.1. The Balaban J connectivity index is 1.76. The van der Waals surface area contributed by atoms with Crippen LogP contribution in [-0.2, 0) is 4.79 Å². The maximum Gasteiger partial charge on any atom is 0.280 e. The predicted molar refractivity (Wildman–Crippen MR) is 117 cm³/mol. The molecule has 1 unspecified atom stereocenters. The summed E-state index contributed by atoms with van der Waals surface area (Å²) in [5.74, 6) is -0.519. The van der Waals surface area contributed by atoms with Crippen LogP contribution in [0.2, 0.25) is 0 Å². The Morgan fingerprint density at radius 2 is 1.90 bits per heavy atom. The fourth-order valence-electron chi connectivity index (χ4n) is 3.80. The van der Waals surface area contributed by atoms with Gasteiger partial charge in [-0.2, -0.15) is 0 Å². The highest BCUT2D eigenvalue weighted by Crippen LogP contribution is 2.33. The number of nitrogens with zero attached hydrogens (tertiary/aromatic N) is 3. The van der Waals surface area contributed by atoms with Gasteiger partial charge in [-0.15, -0.1) is 11.3 Å². The number of anilines is 1. The Morgan fingerprint density at radius 3 is 2.53 bits per heavy atom. The van der Waals surface area contributed by atoms with Gasteiger partial charge >= 0.3 is 0 Å². The number of rotatable bonds is 6. The van der Waals surface area contributed by atoms with Crippen LogP contribution >= 0.6 is 11.3 Å². The topological polar surface area (TPSA) is 75.2 Å². The maximum atomic E-state index is 13.5. The summed E-state index contributed by atoms with van der Waals surface area (Å²) in [5, 5.41) is 5.77. The van der Waals surface area contributed by atoms with Gasteiger partial charge < -0.3 is 5.32 Å². The Morgan fingerprint density at radius 1 is 1.13 bits per heavy atom. The van der Waals surface area contributed by atoms with Gasteiger partial charge in [-0.05, 0) is 42.8 Å². The minimum absolute atomic E-state index is 0.155. The zero-order valence-corrected chi connectivity index (χ0v) is 17.6. The molecule has 7 heteroatoms. The molecule has 4 rings (SSSR count). The van der Waals surface area contributed by atoms with Gasteiger partial charge in [-0.1, -0.05) is 42.7 Å². The molecule has 0 bridgehead atoms. The second-order valence-corrected chi connectivity index (χ2v) is 8.45. The van der Waals surface area contributed by atoms with Crippen LogP contribution in [0.15, 0.2) is 60.4 Å². The third kappa shape index (κ3) is 4.41. The highest BCUT2D eigenvalue weighted by molar-refractivity contribution is 7.14. The average molecular weight is 421 g/mol. The minimum atomic E-state index is -0.792. The molecule has 3 aromatic rings. The number of nitrogens with one attached hydrogen (secondary N) is 1. The van der Waals surface area contributed by atoms with Gasteiger partial charge in [0, 0.05) is 18.4 Å². The molecule has 1 aliphatic carbocycles. The Hall–Kier alpha value is -3.06. The number of hydrogen-bond donors (Lipinski definition) is 1. The summed E-state index contributed by atoms with van der Waals surface area (Å²) < 4.78 is 0. The molecule has 1 aromatic carbocycles. The van der Waals surface area contributed by atoms with Gasteiger partial charge in [0.05, 0.1) is 11.2 Å². The molecule has 2 amide bonds. The van der Waals surface area contributed by atoms with Crippen molar-refractivity contribution < 1.29 is 9.59 Å². The molecule has 30 heavy (non-hydrogen) atoms. The van der Waals surface area contributed by atoms with E-state index in [4.69, 9.17) is 0 Å². The van der Waals surface area contributed by atoms with Gasteiger partial charge in [0.15, 0.2) is 0 Å². The number of carbonyl (C=O) groups is 2. The molecule has 0 saturated heterocycles. The first kappa shape index (κ1) is 20.2. The molecule has 1 saturated carbocycles. The number of aryl methyl sites for hydroxylation is 1. The van der Waals surface area contributed by atoms with Crippen molar-refractivity contribution in [1.82, 2.24) is 15.3 Å². The van der Waals surface area contributed by atoms with E-state index in [2.05, 4.69) is 15.3 Å². The van der Waals surface area contributed by atoms with Crippen molar-refractivity contribution in [2.24, 2.45) is 0 Å². The van der Waals surface area contributed by atoms with Crippen LogP contribution in [0.4, 0.5) is 5.00 Å². The van der Waals surface area contributed by atoms with Crippen molar-refractivity contribution in [3.63, 3.8) is 0 Å². The molecule has 1 fully saturated rings. The number of amides is 2. The first-order chi connectivity index (χ1) is 14.6. The second kappa shape index (κ2) is 9.17. The smallest absolute Gasteiger partial charge is 0.280 e. The van der Waals surface area contributed by atoms with E-state index in [1.165, 1.54) is 29.9 Å². The molecule has 1 aliphatic rings. The molecule has 0 spiro atoms. The van der Waals surface area contributed by atoms with Crippen LogP contribution in [-0.4, -0.2) is 27.8 Å². The molecule has 6 nitrogen and oxygen atoms in total. The summed E-state index contributed by atoms with van der Waals surface area (Å²) >= 11 is 1.42. The van der Waals surface area contributed by atoms with Gasteiger partial charge in [0.2, 0.25) is 5.91 Å². The molecule has 2 aromatic heterocycles. The third-order valence-electron chi connectivity index (χ3n) is 5.35. The van der Waals surface area contributed by atoms with E-state index in [-0.39, 0.29) is 23.6 Å². The maximum absolute atomic E-state index is 13.5. The molecule has 154 valence electrons. The van der Waals surface area contributed by atoms with Crippen molar-refractivity contribution in [2.75, 3.05) is 4.90 Å². The monoisotopic (exact) mass is 420 g/mol. The Labute approximate surface area is 180 Å². The minimum Gasteiger partial charge on any atom is -0.351 e. The van der Waals surface area contributed by atoms with Gasteiger partial charge in [0.1, 0.15) is 11.7 Å². The van der Waals surface area contributed by atoms with E-state index < -0.39 is 6.04 Å². The highest BCUT2D eigenvalue weighted by Gasteiger charge is 2.35. The van der Waals surface area contributed by atoms with Crippen LogP contribution < -0.4 is 10.2 Å². The summed E-state index contributed by atoms with van der Waals surface area (Å²) in [7, 11) is 0. The van der Waals surface area contributed by atoms with E-state index >= 15 is 0 Å². The molecule has 0 radical (unpaired) electrons. The molecule has 1 N–H and O–H groups in total. The van der Waals surface area contributed by atoms with Crippen LogP contribution in [0.25, 0.3) is 0 Å². The van der Waals surface area contributed by atoms with Crippen molar-refractivity contribution in [3.05, 3.63) is 77.2 Å². The average Bonchev–Trinajstić information content (AvgIpc) is 3.47. The summed E-state index contributed by atoms with van der Waals surface area (Å²) in [6, 6.07) is 10.8. The summed E-state index contributed by atoms with van der Waals surface area (Å²) in [5.41, 5.74) is 2.06. The predicted octanol–water partition coefficient (Wildman–Crippen LogP) is 4.29. The lowest BCUT2D eigenvalue weighted by Gasteiger charge is -2.31. The largest absolute Gasteiger partial charge is 0.351 e. The summed E-state index contributed by atoms with van der Waals surface area (Å²) in [4.78, 5) is 36.8. The van der Waals surface area contributed by atoms with Crippen LogP contribution in [0.3, 0.4) is 0 Å². The molecule has 0 aliphatic heterocycles. The van der Waals surface area contributed by atoms with Crippen LogP contribution in [0, 0.1) is 6.92 Å². The molecular weight excluding hydrogens is 396 g/mol. The van der Waals surface area contributed by atoms with E-state index in [1.54, 1.807) is 4.90 Å². The number of hydrogen-bond acceptors (Lipinski definition) is 5. The Kier molecular flexibility index (Phi) is 6.18. The number of carbonyl (C=O) groups excluding carboxylic acids is 2. The highest BCUT2D eigenvalue weighted by atomic mass is 32.1. The van der Waals surface area contributed by atoms with Crippen LogP contribution in [0.1, 0.15) is 53.3 Å². The quantitative estimate of drug-likeness (QED) is 0.645. The lowest BCUT2D eigenvalue weighted by molar-refractivity contribution is -0.123. The number of aromatic nitrogens is 2.